The highest BCUT2D eigenvalue weighted by atomic mass is 16.6. The number of carbonyl (C=O) groups is 1. The van der Waals surface area contributed by atoms with E-state index < -0.39 is 0 Å². The predicted octanol–water partition coefficient (Wildman–Crippen LogP) is 7.23. The molecule has 0 saturated heterocycles. The first kappa shape index (κ1) is 31.9. The van der Waals surface area contributed by atoms with Crippen molar-refractivity contribution in [2.45, 2.75) is 51.6 Å². The van der Waals surface area contributed by atoms with Crippen LogP contribution < -0.4 is 15.1 Å². The van der Waals surface area contributed by atoms with Crippen LogP contribution in [0.25, 0.3) is 5.57 Å². The second kappa shape index (κ2) is 16.0. The zero-order valence-electron chi connectivity index (χ0n) is 26.7. The van der Waals surface area contributed by atoms with Crippen LogP contribution in [0.5, 0.6) is 0 Å². The van der Waals surface area contributed by atoms with Gasteiger partial charge in [-0.15, -0.1) is 0 Å². The molecule has 0 fully saturated rings. The van der Waals surface area contributed by atoms with E-state index in [1.807, 2.05) is 0 Å². The third kappa shape index (κ3) is 9.21. The van der Waals surface area contributed by atoms with Gasteiger partial charge in [0.2, 0.25) is 0 Å². The van der Waals surface area contributed by atoms with Crippen molar-refractivity contribution < 1.29 is 14.1 Å². The van der Waals surface area contributed by atoms with Gasteiger partial charge in [0.1, 0.15) is 20.2 Å². The maximum absolute atomic E-state index is 12.5. The van der Waals surface area contributed by atoms with Crippen LogP contribution in [0.4, 0.5) is 16.2 Å². The molecule has 1 atom stereocenters. The second-order valence-electron chi connectivity index (χ2n) is 11.7. The second-order valence-corrected chi connectivity index (χ2v) is 11.7. The van der Waals surface area contributed by atoms with E-state index in [0.29, 0.717) is 13.1 Å². The van der Waals surface area contributed by atoms with E-state index in [1.165, 1.54) is 33.7 Å². The molecule has 0 saturated carbocycles. The maximum Gasteiger partial charge on any atom is 0.407 e. The molecule has 2 aromatic rings. The van der Waals surface area contributed by atoms with Crippen molar-refractivity contribution in [3.05, 3.63) is 102 Å². The summed E-state index contributed by atoms with van der Waals surface area (Å²) in [6.07, 6.45) is 19.1. The van der Waals surface area contributed by atoms with Crippen molar-refractivity contribution in [1.82, 2.24) is 5.32 Å². The van der Waals surface area contributed by atoms with E-state index >= 15 is 0 Å². The monoisotopic (exact) mass is 581 g/mol. The first-order chi connectivity index (χ1) is 20.9. The Kier molecular flexibility index (Phi) is 11.8. The van der Waals surface area contributed by atoms with Gasteiger partial charge in [-0.1, -0.05) is 36.4 Å². The lowest BCUT2D eigenvalue weighted by Gasteiger charge is -2.24. The lowest BCUT2D eigenvalue weighted by Crippen LogP contribution is -2.36. The van der Waals surface area contributed by atoms with Crippen LogP contribution in [-0.2, 0) is 4.74 Å². The van der Waals surface area contributed by atoms with E-state index in [4.69, 9.17) is 4.74 Å². The Morgan fingerprint density at radius 2 is 1.49 bits per heavy atom. The standard InChI is InChI=1S/C37H48N4O2/c1-6-41(28-27-38-37(42)43-35-13-11-9-7-8-10-12-14-35)34-25-19-31(20-26-34)36(29-15-21-32(22-16-29)39(2)3)30-17-23-33(24-18-30)40(4)5/h7,9,15-26,35H,6,8,10-14,27-28H2,1-5H3/p+1/b9-7-. The highest BCUT2D eigenvalue weighted by molar-refractivity contribution is 6.04. The molecule has 0 radical (unpaired) electrons. The molecule has 2 aliphatic carbocycles. The molecule has 228 valence electrons. The molecule has 1 unspecified atom stereocenters. The van der Waals surface area contributed by atoms with Crippen LogP contribution in [0.1, 0.15) is 56.6 Å². The molecule has 4 rings (SSSR count). The first-order valence-electron chi connectivity index (χ1n) is 15.7. The highest BCUT2D eigenvalue weighted by Gasteiger charge is 2.16. The smallest absolute Gasteiger partial charge is 0.407 e. The van der Waals surface area contributed by atoms with Crippen molar-refractivity contribution in [3.63, 3.8) is 0 Å². The number of carbonyl (C=O) groups excluding carboxylic acids is 1. The quantitative estimate of drug-likeness (QED) is 0.251. The van der Waals surface area contributed by atoms with Gasteiger partial charge in [0, 0.05) is 57.3 Å². The Labute approximate surface area is 258 Å². The summed E-state index contributed by atoms with van der Waals surface area (Å²) in [5, 5.41) is 2.98. The summed E-state index contributed by atoms with van der Waals surface area (Å²) >= 11 is 0. The molecule has 2 aliphatic rings. The number of hydrogen-bond acceptors (Lipinski definition) is 4. The van der Waals surface area contributed by atoms with Gasteiger partial charge in [0.05, 0.1) is 0 Å². The minimum atomic E-state index is -0.306. The van der Waals surface area contributed by atoms with Crippen molar-refractivity contribution in [2.24, 2.45) is 0 Å². The Bertz CT molecular complexity index is 1340. The van der Waals surface area contributed by atoms with Gasteiger partial charge in [0.15, 0.2) is 5.71 Å². The summed E-state index contributed by atoms with van der Waals surface area (Å²) in [5.74, 6) is 0. The minimum absolute atomic E-state index is 0.00110. The number of alkyl carbamates (subject to hydrolysis) is 1. The average molecular weight is 582 g/mol. The third-order valence-electron chi connectivity index (χ3n) is 8.14. The first-order valence-corrected chi connectivity index (χ1v) is 15.7. The fourth-order valence-electron chi connectivity index (χ4n) is 5.56. The number of hydrogen-bond donors (Lipinski definition) is 1. The van der Waals surface area contributed by atoms with Gasteiger partial charge in [0.25, 0.3) is 0 Å². The number of nitrogens with one attached hydrogen (secondary N) is 1. The SMILES string of the molecule is CCN(CCNC(=O)OC1CC/C=C\CCCC1)c1ccc(C(=C2C=CC(=[N+](C)C)C=C2)c2ccc(N(C)C)cc2)cc1. The summed E-state index contributed by atoms with van der Waals surface area (Å²) in [7, 11) is 8.25. The number of rotatable bonds is 9. The molecular weight excluding hydrogens is 532 g/mol. The summed E-state index contributed by atoms with van der Waals surface area (Å²) < 4.78 is 7.88. The molecule has 1 N–H and O–H groups in total. The molecule has 0 bridgehead atoms. The van der Waals surface area contributed by atoms with Crippen LogP contribution in [0.2, 0.25) is 0 Å². The molecule has 0 aliphatic heterocycles. The number of nitrogens with zero attached hydrogens (tertiary/aromatic N) is 3. The molecule has 0 aromatic heterocycles. The Balaban J connectivity index is 1.45. The average Bonchev–Trinajstić information content (AvgIpc) is 3.14. The Hall–Kier alpha value is -4.06. The molecule has 6 nitrogen and oxygen atoms in total. The van der Waals surface area contributed by atoms with Crippen LogP contribution in [0, 0.1) is 0 Å². The number of ether oxygens (including phenoxy) is 1. The lowest BCUT2D eigenvalue weighted by molar-refractivity contribution is -0.462. The van der Waals surface area contributed by atoms with E-state index in [-0.39, 0.29) is 12.2 Å². The summed E-state index contributed by atoms with van der Waals surface area (Å²) in [5.41, 5.74) is 8.22. The number of benzene rings is 2. The number of anilines is 2. The summed E-state index contributed by atoms with van der Waals surface area (Å²) in [6, 6.07) is 17.5. The van der Waals surface area contributed by atoms with Crippen LogP contribution >= 0.6 is 0 Å². The van der Waals surface area contributed by atoms with Gasteiger partial charge in [-0.3, -0.25) is 0 Å². The molecular formula is C37H49N4O2+. The molecule has 6 heteroatoms. The summed E-state index contributed by atoms with van der Waals surface area (Å²) in [4.78, 5) is 16.9. The topological polar surface area (TPSA) is 47.8 Å². The van der Waals surface area contributed by atoms with Gasteiger partial charge in [-0.05, 0) is 104 Å². The van der Waals surface area contributed by atoms with Gasteiger partial charge in [-0.25, -0.2) is 9.37 Å². The van der Waals surface area contributed by atoms with Crippen LogP contribution in [-0.4, -0.2) is 70.3 Å². The lowest BCUT2D eigenvalue weighted by atomic mass is 9.90. The van der Waals surface area contributed by atoms with E-state index in [2.05, 4.69) is 140 Å². The normalized spacial score (nSPS) is 17.4. The van der Waals surface area contributed by atoms with Crippen molar-refractivity contribution >= 4 is 28.8 Å². The van der Waals surface area contributed by atoms with Crippen LogP contribution in [0.15, 0.2) is 90.6 Å². The molecule has 0 spiro atoms. The highest BCUT2D eigenvalue weighted by Crippen LogP contribution is 2.32. The van der Waals surface area contributed by atoms with Crippen LogP contribution in [0.3, 0.4) is 0 Å². The number of amides is 1. The predicted molar refractivity (Wildman–Crippen MR) is 182 cm³/mol. The zero-order chi connectivity index (χ0) is 30.6. The Morgan fingerprint density at radius 3 is 2.09 bits per heavy atom. The number of likely N-dealkylation sites (N-methyl/N-ethyl adjacent to an activating group) is 1. The van der Waals surface area contributed by atoms with Gasteiger partial charge < -0.3 is 19.9 Å². The Morgan fingerprint density at radius 1 is 0.860 bits per heavy atom. The van der Waals surface area contributed by atoms with E-state index in [1.54, 1.807) is 0 Å². The zero-order valence-corrected chi connectivity index (χ0v) is 26.7. The summed E-state index contributed by atoms with van der Waals surface area (Å²) in [6.45, 7) is 4.24. The fourth-order valence-corrected chi connectivity index (χ4v) is 5.56. The molecule has 0 heterocycles. The van der Waals surface area contributed by atoms with Crippen molar-refractivity contribution in [3.8, 4) is 0 Å². The van der Waals surface area contributed by atoms with E-state index in [9.17, 15) is 4.79 Å². The van der Waals surface area contributed by atoms with E-state index in [0.717, 1.165) is 50.8 Å². The molecule has 1 amide bonds. The van der Waals surface area contributed by atoms with Gasteiger partial charge in [-0.2, -0.15) is 0 Å². The number of allylic oxidation sites excluding steroid dienone is 7. The molecule has 43 heavy (non-hydrogen) atoms. The van der Waals surface area contributed by atoms with Gasteiger partial charge >= 0.3 is 6.09 Å². The largest absolute Gasteiger partial charge is 0.446 e. The fraction of sp³-hybridized carbons (Fsp3) is 0.405. The van der Waals surface area contributed by atoms with Crippen molar-refractivity contribution in [1.29, 1.82) is 0 Å². The molecule has 2 aromatic carbocycles. The third-order valence-corrected chi connectivity index (χ3v) is 8.14. The minimum Gasteiger partial charge on any atom is -0.446 e. The maximum atomic E-state index is 12.5. The van der Waals surface area contributed by atoms with Crippen molar-refractivity contribution in [2.75, 3.05) is 57.6 Å².